The molecule has 0 saturated heterocycles. The molecule has 1 aliphatic rings. The number of rotatable bonds is 4. The molecule has 0 aliphatic heterocycles. The molecule has 0 aromatic carbocycles. The van der Waals surface area contributed by atoms with Gasteiger partial charge in [0.25, 0.3) is 0 Å². The number of hydrogen-bond donors (Lipinski definition) is 2. The molecular weight excluding hydrogens is 244 g/mol. The largest absolute Gasteiger partial charge is 0.383 e. The normalized spacial score (nSPS) is 17.9. The van der Waals surface area contributed by atoms with Crippen LogP contribution in [0.5, 0.6) is 0 Å². The molecule has 0 unspecified atom stereocenters. The van der Waals surface area contributed by atoms with Crippen LogP contribution in [0.4, 0.5) is 11.6 Å². The van der Waals surface area contributed by atoms with Crippen molar-refractivity contribution in [3.8, 4) is 0 Å². The van der Waals surface area contributed by atoms with Crippen molar-refractivity contribution >= 4 is 23.4 Å². The van der Waals surface area contributed by atoms with Crippen LogP contribution in [-0.4, -0.2) is 27.5 Å². The minimum Gasteiger partial charge on any atom is -0.383 e. The van der Waals surface area contributed by atoms with E-state index in [0.717, 1.165) is 23.8 Å². The lowest BCUT2D eigenvalue weighted by Crippen LogP contribution is -2.30. The van der Waals surface area contributed by atoms with Gasteiger partial charge in [-0.15, -0.1) is 0 Å². The summed E-state index contributed by atoms with van der Waals surface area (Å²) in [4.78, 5) is 8.62. The first kappa shape index (κ1) is 13.5. The Bertz CT molecular complexity index is 427. The highest BCUT2D eigenvalue weighted by Crippen LogP contribution is 2.40. The van der Waals surface area contributed by atoms with Crippen LogP contribution < -0.4 is 11.1 Å². The maximum absolute atomic E-state index is 5.87. The van der Waals surface area contributed by atoms with Gasteiger partial charge in [0.2, 0.25) is 0 Å². The second kappa shape index (κ2) is 5.34. The lowest BCUT2D eigenvalue weighted by atomic mass is 10.1. The zero-order chi connectivity index (χ0) is 13.2. The summed E-state index contributed by atoms with van der Waals surface area (Å²) >= 11 is 1.98. The van der Waals surface area contributed by atoms with Gasteiger partial charge in [-0.25, -0.2) is 9.97 Å². The third-order valence-corrected chi connectivity index (χ3v) is 5.24. The standard InChI is InChI=1S/C13H22N4S/c1-9-11(14)16-10(2)17-12(9)15-8-13(18-3)6-4-5-7-13/h4-8H2,1-3H3,(H3,14,15,16,17). The second-order valence-electron chi connectivity index (χ2n) is 5.08. The zero-order valence-electron chi connectivity index (χ0n) is 11.4. The first-order valence-corrected chi connectivity index (χ1v) is 7.68. The molecule has 0 radical (unpaired) electrons. The van der Waals surface area contributed by atoms with E-state index in [4.69, 9.17) is 5.73 Å². The number of aryl methyl sites for hydroxylation is 1. The Balaban J connectivity index is 2.10. The predicted octanol–water partition coefficient (Wildman–Crippen LogP) is 2.76. The number of hydrogen-bond acceptors (Lipinski definition) is 5. The zero-order valence-corrected chi connectivity index (χ0v) is 12.2. The van der Waals surface area contributed by atoms with Crippen LogP contribution in [0.3, 0.4) is 0 Å². The third kappa shape index (κ3) is 2.71. The predicted molar refractivity (Wildman–Crippen MR) is 79.1 cm³/mol. The summed E-state index contributed by atoms with van der Waals surface area (Å²) in [5, 5.41) is 3.48. The summed E-state index contributed by atoms with van der Waals surface area (Å²) in [7, 11) is 0. The van der Waals surface area contributed by atoms with Crippen LogP contribution >= 0.6 is 11.8 Å². The molecule has 1 fully saturated rings. The fraction of sp³-hybridized carbons (Fsp3) is 0.692. The fourth-order valence-electron chi connectivity index (χ4n) is 2.54. The highest BCUT2D eigenvalue weighted by atomic mass is 32.2. The quantitative estimate of drug-likeness (QED) is 0.877. The topological polar surface area (TPSA) is 63.8 Å². The Morgan fingerprint density at radius 3 is 2.56 bits per heavy atom. The summed E-state index contributed by atoms with van der Waals surface area (Å²) in [5.74, 6) is 2.19. The second-order valence-corrected chi connectivity index (χ2v) is 6.35. The Kier molecular flexibility index (Phi) is 4.00. The molecule has 1 aliphatic carbocycles. The van der Waals surface area contributed by atoms with E-state index in [-0.39, 0.29) is 0 Å². The monoisotopic (exact) mass is 266 g/mol. The third-order valence-electron chi connectivity index (χ3n) is 3.82. The van der Waals surface area contributed by atoms with Crippen LogP contribution in [0, 0.1) is 13.8 Å². The van der Waals surface area contributed by atoms with E-state index in [1.807, 2.05) is 25.6 Å². The number of nitrogens with one attached hydrogen (secondary N) is 1. The average Bonchev–Trinajstić information content (AvgIpc) is 2.81. The van der Waals surface area contributed by atoms with E-state index in [1.54, 1.807) is 0 Å². The lowest BCUT2D eigenvalue weighted by molar-refractivity contribution is 0.638. The highest BCUT2D eigenvalue weighted by Gasteiger charge is 2.32. The molecular formula is C13H22N4S. The first-order chi connectivity index (χ1) is 8.56. The molecule has 1 aromatic heterocycles. The smallest absolute Gasteiger partial charge is 0.134 e. The molecule has 1 aromatic rings. The molecule has 100 valence electrons. The molecule has 1 saturated carbocycles. The number of thioether (sulfide) groups is 1. The Labute approximate surface area is 113 Å². The molecule has 2 rings (SSSR count). The summed E-state index contributed by atoms with van der Waals surface area (Å²) in [6.07, 6.45) is 7.47. The van der Waals surface area contributed by atoms with E-state index >= 15 is 0 Å². The lowest BCUT2D eigenvalue weighted by Gasteiger charge is -2.27. The minimum absolute atomic E-state index is 0.375. The molecule has 3 N–H and O–H groups in total. The minimum atomic E-state index is 0.375. The van der Waals surface area contributed by atoms with Gasteiger partial charge in [-0.05, 0) is 32.9 Å². The molecule has 1 heterocycles. The van der Waals surface area contributed by atoms with Crippen LogP contribution in [0.15, 0.2) is 0 Å². The number of anilines is 2. The Hall–Kier alpha value is -0.970. The number of nitrogen functional groups attached to an aromatic ring is 1. The summed E-state index contributed by atoms with van der Waals surface area (Å²) < 4.78 is 0.375. The summed E-state index contributed by atoms with van der Waals surface area (Å²) in [6.45, 7) is 4.81. The van der Waals surface area contributed by atoms with Crippen molar-refractivity contribution in [2.75, 3.05) is 23.9 Å². The van der Waals surface area contributed by atoms with Gasteiger partial charge in [0.05, 0.1) is 0 Å². The van der Waals surface area contributed by atoms with Gasteiger partial charge in [-0.1, -0.05) is 12.8 Å². The van der Waals surface area contributed by atoms with Crippen LogP contribution in [-0.2, 0) is 0 Å². The van der Waals surface area contributed by atoms with Crippen LogP contribution in [0.25, 0.3) is 0 Å². The molecule has 5 heteroatoms. The Morgan fingerprint density at radius 2 is 1.94 bits per heavy atom. The van der Waals surface area contributed by atoms with Crippen molar-refractivity contribution in [1.29, 1.82) is 0 Å². The van der Waals surface area contributed by atoms with Gasteiger partial charge in [-0.3, -0.25) is 0 Å². The van der Waals surface area contributed by atoms with Gasteiger partial charge in [-0.2, -0.15) is 11.8 Å². The fourth-order valence-corrected chi connectivity index (χ4v) is 3.45. The molecule has 18 heavy (non-hydrogen) atoms. The van der Waals surface area contributed by atoms with Gasteiger partial charge < -0.3 is 11.1 Å². The first-order valence-electron chi connectivity index (χ1n) is 6.46. The van der Waals surface area contributed by atoms with Gasteiger partial charge in [0.1, 0.15) is 17.5 Å². The number of nitrogens with two attached hydrogens (primary N) is 1. The van der Waals surface area contributed by atoms with E-state index in [9.17, 15) is 0 Å². The van der Waals surface area contributed by atoms with E-state index in [2.05, 4.69) is 21.5 Å². The van der Waals surface area contributed by atoms with E-state index < -0.39 is 0 Å². The average molecular weight is 266 g/mol. The van der Waals surface area contributed by atoms with E-state index in [0.29, 0.717) is 10.6 Å². The van der Waals surface area contributed by atoms with Gasteiger partial charge >= 0.3 is 0 Å². The molecule has 0 atom stereocenters. The number of nitrogens with zero attached hydrogens (tertiary/aromatic N) is 2. The Morgan fingerprint density at radius 1 is 1.28 bits per heavy atom. The van der Waals surface area contributed by atoms with Crippen molar-refractivity contribution in [3.63, 3.8) is 0 Å². The van der Waals surface area contributed by atoms with Crippen molar-refractivity contribution in [2.45, 2.75) is 44.3 Å². The van der Waals surface area contributed by atoms with Crippen LogP contribution in [0.1, 0.15) is 37.1 Å². The van der Waals surface area contributed by atoms with Crippen molar-refractivity contribution in [3.05, 3.63) is 11.4 Å². The molecule has 4 nitrogen and oxygen atoms in total. The van der Waals surface area contributed by atoms with Gasteiger partial charge in [0.15, 0.2) is 0 Å². The highest BCUT2D eigenvalue weighted by molar-refractivity contribution is 8.00. The molecule has 0 spiro atoms. The molecule has 0 bridgehead atoms. The summed E-state index contributed by atoms with van der Waals surface area (Å²) in [6, 6.07) is 0. The van der Waals surface area contributed by atoms with Gasteiger partial charge in [0, 0.05) is 16.9 Å². The SMILES string of the molecule is CSC1(CNc2nc(C)nc(N)c2C)CCCC1. The number of aromatic nitrogens is 2. The molecule has 0 amide bonds. The summed E-state index contributed by atoms with van der Waals surface area (Å²) in [5.41, 5.74) is 6.83. The maximum atomic E-state index is 5.87. The van der Waals surface area contributed by atoms with Crippen LogP contribution in [0.2, 0.25) is 0 Å². The van der Waals surface area contributed by atoms with E-state index in [1.165, 1.54) is 25.7 Å². The van der Waals surface area contributed by atoms with Crippen molar-refractivity contribution < 1.29 is 0 Å². The maximum Gasteiger partial charge on any atom is 0.134 e. The van der Waals surface area contributed by atoms with Crippen molar-refractivity contribution in [2.24, 2.45) is 0 Å². The van der Waals surface area contributed by atoms with Crippen molar-refractivity contribution in [1.82, 2.24) is 9.97 Å².